The van der Waals surface area contributed by atoms with Crippen LogP contribution in [0.4, 0.5) is 28.3 Å². The van der Waals surface area contributed by atoms with Gasteiger partial charge in [-0.1, -0.05) is 23.2 Å². The van der Waals surface area contributed by atoms with Gasteiger partial charge in [-0.05, 0) is 32.9 Å². The van der Waals surface area contributed by atoms with E-state index < -0.39 is 60.1 Å². The van der Waals surface area contributed by atoms with Crippen LogP contribution >= 0.6 is 23.2 Å². The lowest BCUT2D eigenvalue weighted by atomic mass is 9.94. The number of aromatic nitrogens is 2. The summed E-state index contributed by atoms with van der Waals surface area (Å²) < 4.78 is 63.8. The monoisotopic (exact) mass is 525 g/mol. The van der Waals surface area contributed by atoms with Gasteiger partial charge in [-0.25, -0.2) is 14.2 Å². The Labute approximate surface area is 199 Å². The molecule has 3 amide bonds. The molecule has 4 rings (SSSR count). The predicted octanol–water partition coefficient (Wildman–Crippen LogP) is 3.59. The Balaban J connectivity index is 1.69. The van der Waals surface area contributed by atoms with E-state index in [-0.39, 0.29) is 21.1 Å². The number of imidazole rings is 1. The van der Waals surface area contributed by atoms with Crippen LogP contribution in [0.3, 0.4) is 0 Å². The summed E-state index contributed by atoms with van der Waals surface area (Å²) in [5.74, 6) is -3.99. The van der Waals surface area contributed by atoms with Crippen molar-refractivity contribution in [3.05, 3.63) is 22.2 Å². The zero-order chi connectivity index (χ0) is 25.4. The Hall–Kier alpha value is -2.80. The summed E-state index contributed by atoms with van der Waals surface area (Å²) in [6.45, 7) is 2.99. The number of hydrogen-bond donors (Lipinski definition) is 2. The SMILES string of the molecule is CC(C)(C)OC(=O)N1CC(F)(C(=O)NC2(C(F)(F)F)C(=O)Nc3nc4cc(Cl)c(Cl)cc4n32)C1. The number of amides is 3. The highest BCUT2D eigenvalue weighted by Crippen LogP contribution is 2.45. The number of rotatable bonds is 2. The number of carbonyl (C=O) groups excluding carboxylic acids is 3. The molecule has 9 nitrogen and oxygen atoms in total. The molecule has 0 radical (unpaired) electrons. The van der Waals surface area contributed by atoms with Crippen LogP contribution in [0.15, 0.2) is 12.1 Å². The third kappa shape index (κ3) is 3.61. The molecule has 3 heterocycles. The number of ether oxygens (including phenoxy) is 1. The minimum atomic E-state index is -5.43. The van der Waals surface area contributed by atoms with Crippen molar-refractivity contribution in [1.29, 1.82) is 0 Å². The van der Waals surface area contributed by atoms with Gasteiger partial charge in [0, 0.05) is 0 Å². The topological polar surface area (TPSA) is 106 Å². The zero-order valence-electron chi connectivity index (χ0n) is 17.8. The molecule has 1 aromatic heterocycles. The molecule has 1 atom stereocenters. The highest BCUT2D eigenvalue weighted by Gasteiger charge is 2.69. The molecule has 0 aliphatic carbocycles. The minimum Gasteiger partial charge on any atom is -0.444 e. The van der Waals surface area contributed by atoms with E-state index in [4.69, 9.17) is 27.9 Å². The van der Waals surface area contributed by atoms with E-state index in [1.165, 1.54) is 11.4 Å². The summed E-state index contributed by atoms with van der Waals surface area (Å²) in [5, 5.41) is 3.34. The molecule has 1 fully saturated rings. The fraction of sp³-hybridized carbons (Fsp3) is 0.474. The van der Waals surface area contributed by atoms with Crippen LogP contribution in [-0.4, -0.2) is 62.9 Å². The van der Waals surface area contributed by atoms with Crippen molar-refractivity contribution >= 4 is 58.1 Å². The summed E-state index contributed by atoms with van der Waals surface area (Å²) in [6.07, 6.45) is -6.37. The van der Waals surface area contributed by atoms with E-state index >= 15 is 4.39 Å². The molecule has 0 spiro atoms. The molecule has 2 aliphatic heterocycles. The number of nitrogens with one attached hydrogen (secondary N) is 2. The van der Waals surface area contributed by atoms with Gasteiger partial charge in [-0.3, -0.25) is 19.5 Å². The zero-order valence-corrected chi connectivity index (χ0v) is 19.3. The number of anilines is 1. The third-order valence-corrected chi connectivity index (χ3v) is 5.95. The molecule has 15 heteroatoms. The van der Waals surface area contributed by atoms with Gasteiger partial charge in [0.1, 0.15) is 5.60 Å². The smallest absolute Gasteiger partial charge is 0.440 e. The highest BCUT2D eigenvalue weighted by atomic mass is 35.5. The van der Waals surface area contributed by atoms with Crippen molar-refractivity contribution in [2.75, 3.05) is 18.4 Å². The molecule has 2 aliphatic rings. The van der Waals surface area contributed by atoms with Crippen molar-refractivity contribution in [1.82, 2.24) is 19.8 Å². The molecule has 2 N–H and O–H groups in total. The third-order valence-electron chi connectivity index (χ3n) is 5.23. The van der Waals surface area contributed by atoms with Crippen LogP contribution in [0.25, 0.3) is 11.0 Å². The second kappa shape index (κ2) is 7.35. The van der Waals surface area contributed by atoms with Gasteiger partial charge < -0.3 is 15.0 Å². The van der Waals surface area contributed by atoms with Crippen molar-refractivity contribution in [3.8, 4) is 0 Å². The van der Waals surface area contributed by atoms with Crippen LogP contribution < -0.4 is 10.6 Å². The number of benzene rings is 1. The van der Waals surface area contributed by atoms with Crippen LogP contribution in [0.5, 0.6) is 0 Å². The predicted molar refractivity (Wildman–Crippen MR) is 112 cm³/mol. The maximum atomic E-state index is 15.2. The summed E-state index contributed by atoms with van der Waals surface area (Å²) in [5.41, 5.74) is -7.86. The Bertz CT molecular complexity index is 1240. The summed E-state index contributed by atoms with van der Waals surface area (Å²) in [4.78, 5) is 42.0. The number of halogens is 6. The van der Waals surface area contributed by atoms with Gasteiger partial charge in [-0.2, -0.15) is 13.2 Å². The number of hydrogen-bond acceptors (Lipinski definition) is 5. The molecule has 0 saturated carbocycles. The molecule has 1 unspecified atom stereocenters. The maximum Gasteiger partial charge on any atom is 0.440 e. The summed E-state index contributed by atoms with van der Waals surface area (Å²) >= 11 is 11.8. The fourth-order valence-corrected chi connectivity index (χ4v) is 3.98. The van der Waals surface area contributed by atoms with Gasteiger partial charge in [0.2, 0.25) is 11.6 Å². The van der Waals surface area contributed by atoms with Gasteiger partial charge >= 0.3 is 12.3 Å². The van der Waals surface area contributed by atoms with Gasteiger partial charge in [0.05, 0.1) is 34.2 Å². The summed E-state index contributed by atoms with van der Waals surface area (Å²) in [6, 6.07) is 2.22. The number of carbonyl (C=O) groups is 3. The first-order valence-corrected chi connectivity index (χ1v) is 10.5. The van der Waals surface area contributed by atoms with E-state index in [2.05, 4.69) is 4.98 Å². The summed E-state index contributed by atoms with van der Waals surface area (Å²) in [7, 11) is 0. The van der Waals surface area contributed by atoms with Crippen molar-refractivity contribution in [2.45, 2.75) is 43.9 Å². The maximum absolute atomic E-state index is 15.2. The molecule has 1 saturated heterocycles. The quantitative estimate of drug-likeness (QED) is 0.583. The van der Waals surface area contributed by atoms with Crippen LogP contribution in [0, 0.1) is 0 Å². The first kappa shape index (κ1) is 24.3. The lowest BCUT2D eigenvalue weighted by Gasteiger charge is -2.44. The van der Waals surface area contributed by atoms with E-state index in [1.807, 2.05) is 5.32 Å². The number of alkyl halides is 4. The molecule has 34 heavy (non-hydrogen) atoms. The molecule has 2 aromatic rings. The van der Waals surface area contributed by atoms with Gasteiger partial charge in [0.15, 0.2) is 0 Å². The molecular formula is C19H17Cl2F4N5O4. The van der Waals surface area contributed by atoms with Crippen LogP contribution in [-0.2, 0) is 20.0 Å². The molecule has 0 bridgehead atoms. The largest absolute Gasteiger partial charge is 0.444 e. The second-order valence-electron chi connectivity index (χ2n) is 8.94. The average molecular weight is 526 g/mol. The highest BCUT2D eigenvalue weighted by molar-refractivity contribution is 6.42. The van der Waals surface area contributed by atoms with E-state index in [9.17, 15) is 27.6 Å². The van der Waals surface area contributed by atoms with Crippen molar-refractivity contribution in [2.24, 2.45) is 0 Å². The Morgan fingerprint density at radius 3 is 2.32 bits per heavy atom. The van der Waals surface area contributed by atoms with E-state index in [1.54, 1.807) is 20.8 Å². The Morgan fingerprint density at radius 1 is 1.18 bits per heavy atom. The van der Waals surface area contributed by atoms with Crippen LogP contribution in [0.2, 0.25) is 10.0 Å². The number of nitrogens with zero attached hydrogens (tertiary/aromatic N) is 3. The standard InChI is InChI=1S/C19H17Cl2F4N5O4/c1-16(2,3)34-15(33)29-6-17(22,7-29)12(31)28-18(19(23,24)25)13(32)27-14-26-10-4-8(20)9(21)5-11(10)30(14)18/h4-5H,6-7H2,1-3H3,(H,28,31)(H,26,27,32). The Morgan fingerprint density at radius 2 is 1.76 bits per heavy atom. The van der Waals surface area contributed by atoms with E-state index in [0.717, 1.165) is 11.0 Å². The first-order chi connectivity index (χ1) is 15.5. The van der Waals surface area contributed by atoms with Gasteiger partial charge in [0.25, 0.3) is 17.5 Å². The number of likely N-dealkylation sites (tertiary alicyclic amines) is 1. The van der Waals surface area contributed by atoms with Crippen molar-refractivity contribution < 1.29 is 36.7 Å². The molecule has 1 aromatic carbocycles. The molecule has 184 valence electrons. The fourth-order valence-electron chi connectivity index (χ4n) is 3.66. The lowest BCUT2D eigenvalue weighted by Crippen LogP contribution is -2.72. The van der Waals surface area contributed by atoms with Gasteiger partial charge in [-0.15, -0.1) is 0 Å². The second-order valence-corrected chi connectivity index (χ2v) is 9.76. The number of fused-ring (bicyclic) bond motifs is 3. The normalized spacial score (nSPS) is 21.7. The van der Waals surface area contributed by atoms with Crippen molar-refractivity contribution in [3.63, 3.8) is 0 Å². The average Bonchev–Trinajstić information content (AvgIpc) is 3.11. The first-order valence-electron chi connectivity index (χ1n) is 9.74. The Kier molecular flexibility index (Phi) is 5.26. The minimum absolute atomic E-state index is 0.00155. The van der Waals surface area contributed by atoms with E-state index in [0.29, 0.717) is 4.57 Å². The van der Waals surface area contributed by atoms with Crippen LogP contribution in [0.1, 0.15) is 20.8 Å². The lowest BCUT2D eigenvalue weighted by molar-refractivity contribution is -0.220. The molecular weight excluding hydrogens is 509 g/mol.